The first-order valence-electron chi connectivity index (χ1n) is 8.62. The Morgan fingerprint density at radius 2 is 2.00 bits per heavy atom. The van der Waals surface area contributed by atoms with Crippen molar-refractivity contribution in [1.29, 1.82) is 0 Å². The molecule has 7 heteroatoms. The van der Waals surface area contributed by atoms with Crippen LogP contribution >= 0.6 is 24.0 Å². The molecule has 0 radical (unpaired) electrons. The summed E-state index contributed by atoms with van der Waals surface area (Å²) in [6, 6.07) is 3.86. The minimum atomic E-state index is 0. The number of hydrogen-bond donors (Lipinski definition) is 2. The molecule has 3 heterocycles. The van der Waals surface area contributed by atoms with Crippen molar-refractivity contribution in [1.82, 2.24) is 15.5 Å². The van der Waals surface area contributed by atoms with Crippen LogP contribution in [0.2, 0.25) is 0 Å². The fraction of sp³-hybridized carbons (Fsp3) is 0.706. The van der Waals surface area contributed by atoms with Crippen molar-refractivity contribution in [2.75, 3.05) is 39.9 Å². The maximum absolute atomic E-state index is 5.60. The maximum atomic E-state index is 5.60. The molecule has 1 aromatic rings. The van der Waals surface area contributed by atoms with Crippen LogP contribution in [0, 0.1) is 0 Å². The zero-order valence-electron chi connectivity index (χ0n) is 14.4. The number of hydrogen-bond acceptors (Lipinski definition) is 4. The Balaban J connectivity index is 0.00000208. The summed E-state index contributed by atoms with van der Waals surface area (Å²) in [6.45, 7) is 5.69. The number of furan rings is 1. The lowest BCUT2D eigenvalue weighted by Gasteiger charge is -2.45. The lowest BCUT2D eigenvalue weighted by atomic mass is 9.88. The third kappa shape index (κ3) is 4.86. The van der Waals surface area contributed by atoms with E-state index in [0.717, 1.165) is 44.3 Å². The minimum absolute atomic E-state index is 0. The number of guanidine groups is 1. The molecule has 0 saturated carbocycles. The summed E-state index contributed by atoms with van der Waals surface area (Å²) in [6.07, 6.45) is 6.50. The predicted octanol–water partition coefficient (Wildman–Crippen LogP) is 2.21. The first kappa shape index (κ1) is 19.5. The first-order chi connectivity index (χ1) is 11.3. The first-order valence-corrected chi connectivity index (χ1v) is 8.62. The highest BCUT2D eigenvalue weighted by molar-refractivity contribution is 14.0. The zero-order chi connectivity index (χ0) is 16.0. The van der Waals surface area contributed by atoms with Crippen molar-refractivity contribution in [3.8, 4) is 0 Å². The van der Waals surface area contributed by atoms with Crippen LogP contribution in [0.25, 0.3) is 0 Å². The van der Waals surface area contributed by atoms with Gasteiger partial charge >= 0.3 is 0 Å². The van der Waals surface area contributed by atoms with Crippen molar-refractivity contribution < 1.29 is 9.15 Å². The van der Waals surface area contributed by atoms with Gasteiger partial charge in [0.2, 0.25) is 0 Å². The Morgan fingerprint density at radius 3 is 2.62 bits per heavy atom. The monoisotopic (exact) mass is 448 g/mol. The number of likely N-dealkylation sites (tertiary alicyclic amines) is 1. The third-order valence-corrected chi connectivity index (χ3v) is 5.02. The summed E-state index contributed by atoms with van der Waals surface area (Å²) in [5.41, 5.74) is 0.205. The lowest BCUT2D eigenvalue weighted by Crippen LogP contribution is -2.58. The summed E-state index contributed by atoms with van der Waals surface area (Å²) >= 11 is 0. The van der Waals surface area contributed by atoms with E-state index in [0.29, 0.717) is 6.54 Å². The Hall–Kier alpha value is -0.800. The van der Waals surface area contributed by atoms with Crippen LogP contribution in [0.4, 0.5) is 0 Å². The topological polar surface area (TPSA) is 62.0 Å². The van der Waals surface area contributed by atoms with E-state index < -0.39 is 0 Å². The molecule has 0 unspecified atom stereocenters. The number of halogens is 1. The second-order valence-corrected chi connectivity index (χ2v) is 6.39. The van der Waals surface area contributed by atoms with Gasteiger partial charge in [-0.05, 0) is 50.9 Å². The summed E-state index contributed by atoms with van der Waals surface area (Å²) < 4.78 is 11.0. The Labute approximate surface area is 161 Å². The second-order valence-electron chi connectivity index (χ2n) is 6.39. The van der Waals surface area contributed by atoms with Gasteiger partial charge in [-0.15, -0.1) is 24.0 Å². The molecule has 0 aromatic carbocycles. The third-order valence-electron chi connectivity index (χ3n) is 5.02. The van der Waals surface area contributed by atoms with E-state index in [1.54, 1.807) is 6.26 Å². The minimum Gasteiger partial charge on any atom is -0.467 e. The zero-order valence-corrected chi connectivity index (χ0v) is 16.8. The molecule has 2 N–H and O–H groups in total. The van der Waals surface area contributed by atoms with Gasteiger partial charge in [-0.3, -0.25) is 9.89 Å². The van der Waals surface area contributed by atoms with Gasteiger partial charge in [0.25, 0.3) is 0 Å². The fourth-order valence-electron chi connectivity index (χ4n) is 3.60. The Bertz CT molecular complexity index is 495. The van der Waals surface area contributed by atoms with Gasteiger partial charge in [0.05, 0.1) is 12.8 Å². The van der Waals surface area contributed by atoms with Crippen molar-refractivity contribution in [3.05, 3.63) is 24.2 Å². The fourth-order valence-corrected chi connectivity index (χ4v) is 3.60. The average molecular weight is 448 g/mol. The van der Waals surface area contributed by atoms with E-state index in [4.69, 9.17) is 9.15 Å². The summed E-state index contributed by atoms with van der Waals surface area (Å²) in [7, 11) is 1.81. The number of ether oxygens (including phenoxy) is 1. The summed E-state index contributed by atoms with van der Waals surface area (Å²) in [5.74, 6) is 1.74. The van der Waals surface area contributed by atoms with Gasteiger partial charge in [0.15, 0.2) is 5.96 Å². The largest absolute Gasteiger partial charge is 0.467 e. The van der Waals surface area contributed by atoms with Gasteiger partial charge in [-0.25, -0.2) is 0 Å². The normalized spacial score (nSPS) is 21.3. The average Bonchev–Trinajstić information content (AvgIpc) is 3.30. The van der Waals surface area contributed by atoms with Crippen LogP contribution in [-0.4, -0.2) is 56.3 Å². The quantitative estimate of drug-likeness (QED) is 0.411. The standard InChI is InChI=1S/C17H28N4O2.HI/c1-18-16(19-13-15-5-4-10-23-15)20-14-17(6-11-22-12-7-17)21-8-2-3-9-21;/h4-5,10H,2-3,6-9,11-14H2,1H3,(H2,18,19,20);1H. The number of nitrogens with one attached hydrogen (secondary N) is 2. The molecule has 136 valence electrons. The molecule has 24 heavy (non-hydrogen) atoms. The molecule has 0 aliphatic carbocycles. The van der Waals surface area contributed by atoms with Crippen LogP contribution in [0.3, 0.4) is 0 Å². The molecule has 0 spiro atoms. The van der Waals surface area contributed by atoms with Crippen LogP contribution in [0.1, 0.15) is 31.4 Å². The van der Waals surface area contributed by atoms with E-state index in [1.807, 2.05) is 19.2 Å². The van der Waals surface area contributed by atoms with Crippen LogP contribution < -0.4 is 10.6 Å². The van der Waals surface area contributed by atoms with Gasteiger partial charge in [-0.1, -0.05) is 0 Å². The molecule has 3 rings (SSSR count). The van der Waals surface area contributed by atoms with Gasteiger partial charge in [0, 0.05) is 32.3 Å². The van der Waals surface area contributed by atoms with E-state index in [1.165, 1.54) is 25.9 Å². The molecule has 0 bridgehead atoms. The molecule has 2 saturated heterocycles. The lowest BCUT2D eigenvalue weighted by molar-refractivity contribution is -0.0164. The van der Waals surface area contributed by atoms with Gasteiger partial charge in [0.1, 0.15) is 5.76 Å². The molecule has 2 aliphatic rings. The van der Waals surface area contributed by atoms with Crippen molar-refractivity contribution in [3.63, 3.8) is 0 Å². The highest BCUT2D eigenvalue weighted by Gasteiger charge is 2.39. The van der Waals surface area contributed by atoms with Crippen LogP contribution in [-0.2, 0) is 11.3 Å². The second kappa shape index (κ2) is 9.62. The Kier molecular flexibility index (Phi) is 7.83. The van der Waals surface area contributed by atoms with E-state index in [9.17, 15) is 0 Å². The van der Waals surface area contributed by atoms with E-state index in [2.05, 4.69) is 20.5 Å². The molecular formula is C17H29IN4O2. The molecule has 6 nitrogen and oxygen atoms in total. The molecule has 1 aromatic heterocycles. The number of aliphatic imine (C=N–C) groups is 1. The molecule has 0 atom stereocenters. The maximum Gasteiger partial charge on any atom is 0.191 e. The van der Waals surface area contributed by atoms with Crippen molar-refractivity contribution >= 4 is 29.9 Å². The van der Waals surface area contributed by atoms with Crippen LogP contribution in [0.5, 0.6) is 0 Å². The van der Waals surface area contributed by atoms with E-state index >= 15 is 0 Å². The van der Waals surface area contributed by atoms with Crippen molar-refractivity contribution in [2.45, 2.75) is 37.8 Å². The summed E-state index contributed by atoms with van der Waals surface area (Å²) in [4.78, 5) is 6.99. The van der Waals surface area contributed by atoms with Gasteiger partial charge < -0.3 is 19.8 Å². The van der Waals surface area contributed by atoms with Gasteiger partial charge in [-0.2, -0.15) is 0 Å². The molecular weight excluding hydrogens is 419 g/mol. The SMILES string of the molecule is CN=C(NCc1ccco1)NCC1(N2CCCC2)CCOCC1.I. The Morgan fingerprint density at radius 1 is 1.25 bits per heavy atom. The predicted molar refractivity (Wildman–Crippen MR) is 106 cm³/mol. The number of rotatable bonds is 5. The molecule has 2 aliphatic heterocycles. The van der Waals surface area contributed by atoms with Crippen LogP contribution in [0.15, 0.2) is 27.8 Å². The number of nitrogens with zero attached hydrogens (tertiary/aromatic N) is 2. The van der Waals surface area contributed by atoms with E-state index in [-0.39, 0.29) is 29.5 Å². The molecule has 0 amide bonds. The highest BCUT2D eigenvalue weighted by Crippen LogP contribution is 2.30. The molecule has 2 fully saturated rings. The smallest absolute Gasteiger partial charge is 0.191 e. The van der Waals surface area contributed by atoms with Crippen molar-refractivity contribution in [2.24, 2.45) is 4.99 Å². The summed E-state index contributed by atoms with van der Waals surface area (Å²) in [5, 5.41) is 6.83. The highest BCUT2D eigenvalue weighted by atomic mass is 127.